The van der Waals surface area contributed by atoms with E-state index in [9.17, 15) is 9.18 Å². The minimum absolute atomic E-state index is 0.0738. The second-order valence-corrected chi connectivity index (χ2v) is 6.45. The van der Waals surface area contributed by atoms with Crippen molar-refractivity contribution < 1.29 is 9.18 Å². The predicted octanol–water partition coefficient (Wildman–Crippen LogP) is 3.09. The van der Waals surface area contributed by atoms with Crippen molar-refractivity contribution in [3.8, 4) is 6.07 Å². The summed E-state index contributed by atoms with van der Waals surface area (Å²) in [6.07, 6.45) is 0.528. The Morgan fingerprint density at radius 3 is 2.70 bits per heavy atom. The molecule has 1 heterocycles. The Hall–Kier alpha value is -1.89. The highest BCUT2D eigenvalue weighted by Crippen LogP contribution is 2.35. The number of rotatable bonds is 2. The number of hydrogen-bond acceptors (Lipinski definition) is 2. The number of carbonyl (C=O) groups excluding carboxylic acids is 1. The van der Waals surface area contributed by atoms with E-state index in [1.165, 1.54) is 18.2 Å². The molecule has 4 heteroatoms. The van der Waals surface area contributed by atoms with Crippen LogP contribution in [0, 0.1) is 28.5 Å². The van der Waals surface area contributed by atoms with Crippen LogP contribution in [-0.2, 0) is 11.3 Å². The van der Waals surface area contributed by atoms with Crippen molar-refractivity contribution in [2.24, 2.45) is 11.3 Å². The molecule has 2 rings (SSSR count). The van der Waals surface area contributed by atoms with E-state index in [0.29, 0.717) is 36.6 Å². The molecule has 0 spiro atoms. The first kappa shape index (κ1) is 14.5. The number of nitrogens with zero attached hydrogens (tertiary/aromatic N) is 2. The SMILES string of the molecule is CC(C)(C)C1CC(=O)N(Cc2cc(F)ccc2C#N)C1. The Morgan fingerprint density at radius 2 is 2.15 bits per heavy atom. The fourth-order valence-electron chi connectivity index (χ4n) is 2.51. The van der Waals surface area contributed by atoms with E-state index in [1.54, 1.807) is 4.90 Å². The zero-order valence-corrected chi connectivity index (χ0v) is 12.1. The van der Waals surface area contributed by atoms with Crippen LogP contribution in [0.2, 0.25) is 0 Å². The van der Waals surface area contributed by atoms with Gasteiger partial charge in [0.2, 0.25) is 5.91 Å². The summed E-state index contributed by atoms with van der Waals surface area (Å²) in [5, 5.41) is 9.05. The Bertz CT molecular complexity index is 569. The number of hydrogen-bond donors (Lipinski definition) is 0. The molecule has 1 atom stereocenters. The van der Waals surface area contributed by atoms with Crippen molar-refractivity contribution in [2.45, 2.75) is 33.7 Å². The molecule has 1 unspecified atom stereocenters. The van der Waals surface area contributed by atoms with E-state index < -0.39 is 0 Å². The highest BCUT2D eigenvalue weighted by molar-refractivity contribution is 5.78. The number of nitriles is 1. The maximum Gasteiger partial charge on any atom is 0.223 e. The Balaban J connectivity index is 2.18. The Labute approximate surface area is 119 Å². The van der Waals surface area contributed by atoms with Crippen molar-refractivity contribution in [1.29, 1.82) is 5.26 Å². The van der Waals surface area contributed by atoms with Gasteiger partial charge in [0.25, 0.3) is 0 Å². The molecular formula is C16H19FN2O. The summed E-state index contributed by atoms with van der Waals surface area (Å²) < 4.78 is 13.3. The lowest BCUT2D eigenvalue weighted by Crippen LogP contribution is -2.27. The third-order valence-electron chi connectivity index (χ3n) is 3.99. The molecule has 0 radical (unpaired) electrons. The first-order valence-corrected chi connectivity index (χ1v) is 6.77. The average molecular weight is 274 g/mol. The number of halogens is 1. The van der Waals surface area contributed by atoms with Gasteiger partial charge in [-0.2, -0.15) is 5.26 Å². The summed E-state index contributed by atoms with van der Waals surface area (Å²) in [7, 11) is 0. The quantitative estimate of drug-likeness (QED) is 0.831. The Morgan fingerprint density at radius 1 is 1.45 bits per heavy atom. The molecule has 1 aromatic rings. The predicted molar refractivity (Wildman–Crippen MR) is 74.1 cm³/mol. The molecule has 0 N–H and O–H groups in total. The molecule has 0 bridgehead atoms. The molecule has 20 heavy (non-hydrogen) atoms. The summed E-state index contributed by atoms with van der Waals surface area (Å²) in [4.78, 5) is 13.8. The van der Waals surface area contributed by atoms with Crippen LogP contribution in [0.5, 0.6) is 0 Å². The molecule has 3 nitrogen and oxygen atoms in total. The monoisotopic (exact) mass is 274 g/mol. The van der Waals surface area contributed by atoms with Crippen LogP contribution in [-0.4, -0.2) is 17.4 Å². The van der Waals surface area contributed by atoms with Gasteiger partial charge in [-0.3, -0.25) is 4.79 Å². The van der Waals surface area contributed by atoms with Crippen molar-refractivity contribution >= 4 is 5.91 Å². The zero-order chi connectivity index (χ0) is 14.9. The van der Waals surface area contributed by atoms with Crippen molar-refractivity contribution in [3.05, 3.63) is 35.1 Å². The van der Waals surface area contributed by atoms with Gasteiger partial charge in [0.1, 0.15) is 5.82 Å². The van der Waals surface area contributed by atoms with E-state index in [0.717, 1.165) is 0 Å². The van der Waals surface area contributed by atoms with E-state index in [4.69, 9.17) is 5.26 Å². The molecule has 1 fully saturated rings. The lowest BCUT2D eigenvalue weighted by molar-refractivity contribution is -0.128. The van der Waals surface area contributed by atoms with E-state index in [2.05, 4.69) is 20.8 Å². The maximum atomic E-state index is 13.3. The van der Waals surface area contributed by atoms with Gasteiger partial charge in [0.15, 0.2) is 0 Å². The molecule has 1 aliphatic heterocycles. The van der Waals surface area contributed by atoms with Crippen LogP contribution in [0.4, 0.5) is 4.39 Å². The number of carbonyl (C=O) groups is 1. The molecule has 1 amide bonds. The highest BCUT2D eigenvalue weighted by Gasteiger charge is 2.36. The van der Waals surface area contributed by atoms with Crippen molar-refractivity contribution in [1.82, 2.24) is 4.90 Å². The van der Waals surface area contributed by atoms with Crippen LogP contribution < -0.4 is 0 Å². The largest absolute Gasteiger partial charge is 0.338 e. The number of benzene rings is 1. The number of amides is 1. The summed E-state index contributed by atoms with van der Waals surface area (Å²) in [6.45, 7) is 7.35. The summed E-state index contributed by atoms with van der Waals surface area (Å²) in [5.74, 6) is 0.00480. The van der Waals surface area contributed by atoms with E-state index in [1.807, 2.05) is 6.07 Å². The molecule has 1 aliphatic rings. The van der Waals surface area contributed by atoms with Gasteiger partial charge in [-0.25, -0.2) is 4.39 Å². The summed E-state index contributed by atoms with van der Waals surface area (Å²) >= 11 is 0. The van der Waals surface area contributed by atoms with Crippen LogP contribution in [0.25, 0.3) is 0 Å². The van der Waals surface area contributed by atoms with Gasteiger partial charge >= 0.3 is 0 Å². The molecule has 0 aliphatic carbocycles. The second-order valence-electron chi connectivity index (χ2n) is 6.45. The van der Waals surface area contributed by atoms with Crippen LogP contribution in [0.3, 0.4) is 0 Å². The fourth-order valence-corrected chi connectivity index (χ4v) is 2.51. The topological polar surface area (TPSA) is 44.1 Å². The lowest BCUT2D eigenvalue weighted by atomic mass is 9.80. The first-order chi connectivity index (χ1) is 9.31. The summed E-state index contributed by atoms with van der Waals surface area (Å²) in [6, 6.07) is 6.13. The van der Waals surface area contributed by atoms with Crippen LogP contribution in [0.1, 0.15) is 38.3 Å². The van der Waals surface area contributed by atoms with Gasteiger partial charge in [-0.1, -0.05) is 20.8 Å². The molecule has 0 saturated carbocycles. The minimum atomic E-state index is -0.377. The zero-order valence-electron chi connectivity index (χ0n) is 12.1. The molecule has 1 aromatic carbocycles. The standard InChI is InChI=1S/C16H19FN2O/c1-16(2,3)13-7-15(20)19(10-13)9-12-6-14(17)5-4-11(12)8-18/h4-6,13H,7,9-10H2,1-3H3. The Kier molecular flexibility index (Phi) is 3.80. The third kappa shape index (κ3) is 2.98. The highest BCUT2D eigenvalue weighted by atomic mass is 19.1. The second kappa shape index (κ2) is 5.24. The average Bonchev–Trinajstić information content (AvgIpc) is 2.71. The fraction of sp³-hybridized carbons (Fsp3) is 0.500. The van der Waals surface area contributed by atoms with E-state index >= 15 is 0 Å². The maximum absolute atomic E-state index is 13.3. The van der Waals surface area contributed by atoms with Gasteiger partial charge < -0.3 is 4.90 Å². The van der Waals surface area contributed by atoms with Crippen LogP contribution in [0.15, 0.2) is 18.2 Å². The normalized spacial score (nSPS) is 19.2. The number of likely N-dealkylation sites (tertiary alicyclic amines) is 1. The smallest absolute Gasteiger partial charge is 0.223 e. The molecular weight excluding hydrogens is 255 g/mol. The summed E-state index contributed by atoms with van der Waals surface area (Å²) in [5.41, 5.74) is 1.08. The van der Waals surface area contributed by atoms with Gasteiger partial charge in [-0.05, 0) is 35.1 Å². The van der Waals surface area contributed by atoms with E-state index in [-0.39, 0.29) is 17.1 Å². The molecule has 0 aromatic heterocycles. The lowest BCUT2D eigenvalue weighted by Gasteiger charge is -2.26. The minimum Gasteiger partial charge on any atom is -0.338 e. The van der Waals surface area contributed by atoms with Gasteiger partial charge in [0.05, 0.1) is 11.6 Å². The van der Waals surface area contributed by atoms with Crippen LogP contribution >= 0.6 is 0 Å². The van der Waals surface area contributed by atoms with Gasteiger partial charge in [-0.15, -0.1) is 0 Å². The molecule has 106 valence electrons. The van der Waals surface area contributed by atoms with Crippen molar-refractivity contribution in [3.63, 3.8) is 0 Å². The van der Waals surface area contributed by atoms with Crippen molar-refractivity contribution in [2.75, 3.05) is 6.54 Å². The van der Waals surface area contributed by atoms with Gasteiger partial charge in [0, 0.05) is 19.5 Å². The third-order valence-corrected chi connectivity index (χ3v) is 3.99. The molecule has 1 saturated heterocycles. The first-order valence-electron chi connectivity index (χ1n) is 6.77.